The van der Waals surface area contributed by atoms with Crippen LogP contribution in [0, 0.1) is 5.92 Å². The highest BCUT2D eigenvalue weighted by Crippen LogP contribution is 2.29. The molecule has 1 aliphatic rings. The number of primary amides is 1. The van der Waals surface area contributed by atoms with Crippen LogP contribution in [0.15, 0.2) is 72.0 Å². The third-order valence-corrected chi connectivity index (χ3v) is 7.48. The molecular formula is C26H27N7O3S. The number of hydrogen-bond acceptors (Lipinski definition) is 8. The molecule has 0 atom stereocenters. The summed E-state index contributed by atoms with van der Waals surface area (Å²) in [5.41, 5.74) is 9.81. The largest absolute Gasteiger partial charge is 0.369 e. The van der Waals surface area contributed by atoms with E-state index in [1.165, 1.54) is 12.1 Å². The predicted octanol–water partition coefficient (Wildman–Crippen LogP) is 2.78. The Hall–Kier alpha value is -3.93. The second-order valence-electron chi connectivity index (χ2n) is 9.17. The number of carbonyl (C=O) groups excluding carboxylic acids is 1. The van der Waals surface area contributed by atoms with Gasteiger partial charge in [0.15, 0.2) is 0 Å². The van der Waals surface area contributed by atoms with Crippen LogP contribution in [0.3, 0.4) is 0 Å². The third-order valence-electron chi connectivity index (χ3n) is 6.55. The lowest BCUT2D eigenvalue weighted by Crippen LogP contribution is -2.38. The SMILES string of the molecule is NC(=O)C1CCN(Cc2cncc(-c3cccc4cnc(Nc5ccc(S(N)(=O)=O)cc5)nc34)c2)CC1. The van der Waals surface area contributed by atoms with E-state index in [2.05, 4.69) is 26.3 Å². The van der Waals surface area contributed by atoms with E-state index in [4.69, 9.17) is 15.9 Å². The minimum Gasteiger partial charge on any atom is -0.369 e. The van der Waals surface area contributed by atoms with Crippen molar-refractivity contribution in [2.45, 2.75) is 24.3 Å². The van der Waals surface area contributed by atoms with Crippen LogP contribution in [-0.2, 0) is 21.4 Å². The number of nitrogens with two attached hydrogens (primary N) is 2. The molecule has 0 radical (unpaired) electrons. The zero-order chi connectivity index (χ0) is 26.0. The molecule has 190 valence electrons. The topological polar surface area (TPSA) is 157 Å². The van der Waals surface area contributed by atoms with E-state index in [1.807, 2.05) is 30.6 Å². The van der Waals surface area contributed by atoms with Gasteiger partial charge in [-0.1, -0.05) is 18.2 Å². The number of benzene rings is 2. The van der Waals surface area contributed by atoms with Gasteiger partial charge in [-0.25, -0.2) is 23.5 Å². The highest BCUT2D eigenvalue weighted by atomic mass is 32.2. The number of amides is 1. The maximum absolute atomic E-state index is 11.5. The summed E-state index contributed by atoms with van der Waals surface area (Å²) in [6.45, 7) is 2.40. The van der Waals surface area contributed by atoms with Crippen molar-refractivity contribution in [1.82, 2.24) is 19.9 Å². The standard InChI is InChI=1S/C26H27N7O3S/c27-25(34)18-8-10-33(11-9-18)16-17-12-20(14-29-13-17)23-3-1-2-19-15-30-26(32-24(19)23)31-21-4-6-22(7-5-21)37(28,35)36/h1-7,12-15,18H,8-11,16H2,(H2,27,34)(H2,28,35,36)(H,30,31,32). The number of piperidine rings is 1. The number of para-hydroxylation sites is 1. The molecule has 37 heavy (non-hydrogen) atoms. The Bertz CT molecular complexity index is 1550. The number of anilines is 2. The molecule has 0 aliphatic carbocycles. The minimum absolute atomic E-state index is 0.0318. The summed E-state index contributed by atoms with van der Waals surface area (Å²) < 4.78 is 23.0. The molecule has 3 heterocycles. The van der Waals surface area contributed by atoms with Crippen LogP contribution in [-0.4, -0.2) is 47.3 Å². The van der Waals surface area contributed by atoms with Gasteiger partial charge in [-0.2, -0.15) is 0 Å². The van der Waals surface area contributed by atoms with Gasteiger partial charge < -0.3 is 11.1 Å². The first-order valence-corrected chi connectivity index (χ1v) is 13.4. The van der Waals surface area contributed by atoms with E-state index in [1.54, 1.807) is 18.3 Å². The fourth-order valence-electron chi connectivity index (χ4n) is 4.56. The Labute approximate surface area is 214 Å². The summed E-state index contributed by atoms with van der Waals surface area (Å²) in [6, 6.07) is 14.1. The molecule has 5 N–H and O–H groups in total. The van der Waals surface area contributed by atoms with Crippen molar-refractivity contribution in [3.05, 3.63) is 72.7 Å². The molecule has 1 saturated heterocycles. The van der Waals surface area contributed by atoms with Gasteiger partial charge in [-0.15, -0.1) is 0 Å². The molecule has 10 nitrogen and oxygen atoms in total. The molecule has 1 aliphatic heterocycles. The fourth-order valence-corrected chi connectivity index (χ4v) is 5.08. The second-order valence-corrected chi connectivity index (χ2v) is 10.7. The lowest BCUT2D eigenvalue weighted by molar-refractivity contribution is -0.123. The Balaban J connectivity index is 1.38. The van der Waals surface area contributed by atoms with E-state index in [0.717, 1.165) is 60.1 Å². The third kappa shape index (κ3) is 5.74. The Morgan fingerprint density at radius 2 is 1.81 bits per heavy atom. The van der Waals surface area contributed by atoms with Crippen LogP contribution in [0.25, 0.3) is 22.0 Å². The van der Waals surface area contributed by atoms with Gasteiger partial charge in [0.05, 0.1) is 10.4 Å². The summed E-state index contributed by atoms with van der Waals surface area (Å²) in [7, 11) is -3.76. The Morgan fingerprint density at radius 1 is 1.05 bits per heavy atom. The highest BCUT2D eigenvalue weighted by molar-refractivity contribution is 7.89. The Kier molecular flexibility index (Phi) is 6.83. The molecular weight excluding hydrogens is 490 g/mol. The van der Waals surface area contributed by atoms with Gasteiger partial charge in [-0.05, 0) is 61.8 Å². The summed E-state index contributed by atoms with van der Waals surface area (Å²) >= 11 is 0. The fraction of sp³-hybridized carbons (Fsp3) is 0.231. The quantitative estimate of drug-likeness (QED) is 0.338. The van der Waals surface area contributed by atoms with Crippen LogP contribution in [0.5, 0.6) is 0 Å². The zero-order valence-corrected chi connectivity index (χ0v) is 20.9. The number of primary sulfonamides is 1. The van der Waals surface area contributed by atoms with Gasteiger partial charge in [-0.3, -0.25) is 14.7 Å². The summed E-state index contributed by atoms with van der Waals surface area (Å²) in [5.74, 6) is 0.130. The molecule has 0 bridgehead atoms. The summed E-state index contributed by atoms with van der Waals surface area (Å²) in [5, 5.41) is 9.17. The van der Waals surface area contributed by atoms with Gasteiger partial charge in [0.2, 0.25) is 21.9 Å². The van der Waals surface area contributed by atoms with E-state index < -0.39 is 10.0 Å². The van der Waals surface area contributed by atoms with E-state index >= 15 is 0 Å². The molecule has 2 aromatic carbocycles. The predicted molar refractivity (Wildman–Crippen MR) is 141 cm³/mol. The molecule has 4 aromatic rings. The van der Waals surface area contributed by atoms with Crippen molar-refractivity contribution in [1.29, 1.82) is 0 Å². The van der Waals surface area contributed by atoms with Crippen molar-refractivity contribution in [2.24, 2.45) is 16.8 Å². The average molecular weight is 518 g/mol. The smallest absolute Gasteiger partial charge is 0.238 e. The number of carbonyl (C=O) groups is 1. The van der Waals surface area contributed by atoms with E-state index in [-0.39, 0.29) is 16.7 Å². The number of nitrogens with one attached hydrogen (secondary N) is 1. The molecule has 0 unspecified atom stereocenters. The summed E-state index contributed by atoms with van der Waals surface area (Å²) in [4.78, 5) is 27.4. The maximum Gasteiger partial charge on any atom is 0.238 e. The van der Waals surface area contributed by atoms with Crippen molar-refractivity contribution in [3.63, 3.8) is 0 Å². The molecule has 2 aromatic heterocycles. The monoisotopic (exact) mass is 517 g/mol. The Morgan fingerprint density at radius 3 is 2.51 bits per heavy atom. The number of nitrogens with zero attached hydrogens (tertiary/aromatic N) is 4. The molecule has 11 heteroatoms. The molecule has 1 fully saturated rings. The zero-order valence-electron chi connectivity index (χ0n) is 20.0. The van der Waals surface area contributed by atoms with Crippen molar-refractivity contribution < 1.29 is 13.2 Å². The molecule has 1 amide bonds. The van der Waals surface area contributed by atoms with Gasteiger partial charge in [0.1, 0.15) is 0 Å². The number of hydrogen-bond donors (Lipinski definition) is 3. The average Bonchev–Trinajstić information content (AvgIpc) is 2.88. The van der Waals surface area contributed by atoms with Gasteiger partial charge >= 0.3 is 0 Å². The van der Waals surface area contributed by atoms with Gasteiger partial charge in [0, 0.05) is 53.3 Å². The number of sulfonamides is 1. The lowest BCUT2D eigenvalue weighted by atomic mass is 9.96. The molecule has 0 saturated carbocycles. The first-order valence-electron chi connectivity index (χ1n) is 11.9. The highest BCUT2D eigenvalue weighted by Gasteiger charge is 2.23. The van der Waals surface area contributed by atoms with E-state index in [0.29, 0.717) is 11.6 Å². The first-order chi connectivity index (χ1) is 17.8. The number of rotatable bonds is 7. The molecule has 0 spiro atoms. The van der Waals surface area contributed by atoms with Crippen LogP contribution >= 0.6 is 0 Å². The minimum atomic E-state index is -3.76. The van der Waals surface area contributed by atoms with Crippen molar-refractivity contribution in [2.75, 3.05) is 18.4 Å². The first kappa shape index (κ1) is 24.8. The summed E-state index contributed by atoms with van der Waals surface area (Å²) in [6.07, 6.45) is 6.99. The lowest BCUT2D eigenvalue weighted by Gasteiger charge is -2.30. The van der Waals surface area contributed by atoms with E-state index in [9.17, 15) is 13.2 Å². The van der Waals surface area contributed by atoms with Crippen molar-refractivity contribution in [3.8, 4) is 11.1 Å². The van der Waals surface area contributed by atoms with Crippen LogP contribution in [0.1, 0.15) is 18.4 Å². The maximum atomic E-state index is 11.5. The number of pyridine rings is 1. The van der Waals surface area contributed by atoms with Crippen molar-refractivity contribution >= 4 is 38.5 Å². The van der Waals surface area contributed by atoms with Crippen LogP contribution in [0.4, 0.5) is 11.6 Å². The van der Waals surface area contributed by atoms with Crippen LogP contribution in [0.2, 0.25) is 0 Å². The number of likely N-dealkylation sites (tertiary alicyclic amines) is 1. The van der Waals surface area contributed by atoms with Crippen LogP contribution < -0.4 is 16.2 Å². The number of fused-ring (bicyclic) bond motifs is 1. The van der Waals surface area contributed by atoms with Gasteiger partial charge in [0.25, 0.3) is 0 Å². The number of aromatic nitrogens is 3. The second kappa shape index (κ2) is 10.2. The molecule has 5 rings (SSSR count). The normalized spacial score (nSPS) is 15.1.